The molecule has 116 valence electrons. The maximum Gasteiger partial charge on any atom is 0.242 e. The second kappa shape index (κ2) is 5.88. The summed E-state index contributed by atoms with van der Waals surface area (Å²) in [6.07, 6.45) is 4.93. The molecule has 6 heteroatoms. The first-order chi connectivity index (χ1) is 9.99. The summed E-state index contributed by atoms with van der Waals surface area (Å²) in [6.45, 7) is 0.287. The molecule has 2 aliphatic carbocycles. The third-order valence-electron chi connectivity index (χ3n) is 4.89. The van der Waals surface area contributed by atoms with E-state index in [2.05, 4.69) is 4.72 Å². The molecule has 2 saturated carbocycles. The van der Waals surface area contributed by atoms with Gasteiger partial charge in [-0.05, 0) is 54.7 Å². The molecular formula is C15H20ClNO3S. The SMILES string of the molecule is O=S(=O)(NCC1CC2CCC1C2)c1cc(CO)ccc1Cl. The molecule has 2 N–H and O–H groups in total. The number of rotatable bonds is 5. The third kappa shape index (κ3) is 3.11. The number of nitrogens with one attached hydrogen (secondary N) is 1. The highest BCUT2D eigenvalue weighted by atomic mass is 35.5. The largest absolute Gasteiger partial charge is 0.392 e. The van der Waals surface area contributed by atoms with Crippen LogP contribution in [0.5, 0.6) is 0 Å². The van der Waals surface area contributed by atoms with Crippen molar-refractivity contribution >= 4 is 21.6 Å². The van der Waals surface area contributed by atoms with E-state index in [4.69, 9.17) is 16.7 Å². The van der Waals surface area contributed by atoms with Crippen LogP contribution in [-0.4, -0.2) is 20.1 Å². The molecule has 0 spiro atoms. The van der Waals surface area contributed by atoms with Gasteiger partial charge < -0.3 is 5.11 Å². The van der Waals surface area contributed by atoms with Gasteiger partial charge in [0.1, 0.15) is 4.90 Å². The Bertz CT molecular complexity index is 632. The molecule has 3 atom stereocenters. The third-order valence-corrected chi connectivity index (χ3v) is 6.79. The van der Waals surface area contributed by atoms with Crippen molar-refractivity contribution in [1.82, 2.24) is 4.72 Å². The van der Waals surface area contributed by atoms with E-state index < -0.39 is 10.0 Å². The molecule has 2 fully saturated rings. The van der Waals surface area contributed by atoms with Crippen LogP contribution < -0.4 is 4.72 Å². The number of sulfonamides is 1. The highest BCUT2D eigenvalue weighted by Gasteiger charge is 2.39. The monoisotopic (exact) mass is 329 g/mol. The lowest BCUT2D eigenvalue weighted by molar-refractivity contribution is 0.281. The van der Waals surface area contributed by atoms with Crippen LogP contribution >= 0.6 is 11.6 Å². The molecule has 0 aromatic heterocycles. The molecule has 1 aromatic rings. The minimum Gasteiger partial charge on any atom is -0.392 e. The number of aliphatic hydroxyl groups excluding tert-OH is 1. The van der Waals surface area contributed by atoms with Gasteiger partial charge in [-0.25, -0.2) is 13.1 Å². The smallest absolute Gasteiger partial charge is 0.242 e. The molecule has 3 rings (SSSR count). The number of benzene rings is 1. The average molecular weight is 330 g/mol. The van der Waals surface area contributed by atoms with E-state index in [1.807, 2.05) is 0 Å². The maximum atomic E-state index is 12.4. The fraction of sp³-hybridized carbons (Fsp3) is 0.600. The van der Waals surface area contributed by atoms with E-state index in [9.17, 15) is 8.42 Å². The van der Waals surface area contributed by atoms with Gasteiger partial charge in [-0.2, -0.15) is 0 Å². The van der Waals surface area contributed by atoms with Crippen molar-refractivity contribution in [1.29, 1.82) is 0 Å². The minimum atomic E-state index is -3.62. The van der Waals surface area contributed by atoms with Crippen molar-refractivity contribution < 1.29 is 13.5 Å². The van der Waals surface area contributed by atoms with Crippen molar-refractivity contribution in [2.75, 3.05) is 6.54 Å². The molecule has 3 unspecified atom stereocenters. The normalized spacial score (nSPS) is 28.2. The Balaban J connectivity index is 1.72. The molecule has 2 bridgehead atoms. The first-order valence-corrected chi connectivity index (χ1v) is 9.24. The van der Waals surface area contributed by atoms with Crippen LogP contribution in [0.2, 0.25) is 5.02 Å². The highest BCUT2D eigenvalue weighted by molar-refractivity contribution is 7.89. The summed E-state index contributed by atoms with van der Waals surface area (Å²) in [6, 6.07) is 4.57. The predicted octanol–water partition coefficient (Wildman–Crippen LogP) is 2.55. The summed E-state index contributed by atoms with van der Waals surface area (Å²) in [5.74, 6) is 1.93. The Morgan fingerprint density at radius 2 is 2.10 bits per heavy atom. The van der Waals surface area contributed by atoms with Gasteiger partial charge in [0.25, 0.3) is 0 Å². The average Bonchev–Trinajstić information content (AvgIpc) is 3.08. The number of hydrogen-bond donors (Lipinski definition) is 2. The van der Waals surface area contributed by atoms with Crippen molar-refractivity contribution in [3.05, 3.63) is 28.8 Å². The van der Waals surface area contributed by atoms with Gasteiger partial charge in [0.15, 0.2) is 0 Å². The fourth-order valence-electron chi connectivity index (χ4n) is 3.77. The fourth-order valence-corrected chi connectivity index (χ4v) is 5.42. The molecule has 0 heterocycles. The summed E-state index contributed by atoms with van der Waals surface area (Å²) in [7, 11) is -3.62. The van der Waals surface area contributed by atoms with Crippen LogP contribution in [0.25, 0.3) is 0 Å². The molecular weight excluding hydrogens is 310 g/mol. The van der Waals surface area contributed by atoms with Gasteiger partial charge in [-0.15, -0.1) is 0 Å². The van der Waals surface area contributed by atoms with Gasteiger partial charge in [0.05, 0.1) is 11.6 Å². The van der Waals surface area contributed by atoms with Crippen molar-refractivity contribution in [2.24, 2.45) is 17.8 Å². The molecule has 2 aliphatic rings. The number of halogens is 1. The lowest BCUT2D eigenvalue weighted by Crippen LogP contribution is -2.31. The Kier molecular flexibility index (Phi) is 4.28. The Labute approximate surface area is 130 Å². The quantitative estimate of drug-likeness (QED) is 0.872. The standard InChI is InChI=1S/C15H20ClNO3S/c16-14-4-2-11(9-18)7-15(14)21(19,20)17-8-13-6-10-1-3-12(13)5-10/h2,4,7,10,12-13,17-18H,1,3,5-6,8-9H2. The summed E-state index contributed by atoms with van der Waals surface area (Å²) in [5.41, 5.74) is 0.541. The summed E-state index contributed by atoms with van der Waals surface area (Å²) < 4.78 is 27.5. The van der Waals surface area contributed by atoms with Crippen LogP contribution in [0.1, 0.15) is 31.2 Å². The van der Waals surface area contributed by atoms with Gasteiger partial charge in [0, 0.05) is 6.54 Å². The second-order valence-corrected chi connectivity index (χ2v) is 8.35. The van der Waals surface area contributed by atoms with Crippen molar-refractivity contribution in [3.63, 3.8) is 0 Å². The predicted molar refractivity (Wildman–Crippen MR) is 81.5 cm³/mol. The molecule has 21 heavy (non-hydrogen) atoms. The Morgan fingerprint density at radius 1 is 1.29 bits per heavy atom. The second-order valence-electron chi connectivity index (χ2n) is 6.21. The van der Waals surface area contributed by atoms with E-state index in [0.29, 0.717) is 23.9 Å². The Morgan fingerprint density at radius 3 is 2.71 bits per heavy atom. The van der Waals surface area contributed by atoms with Gasteiger partial charge >= 0.3 is 0 Å². The Hall–Kier alpha value is -0.620. The van der Waals surface area contributed by atoms with Crippen LogP contribution in [0.15, 0.2) is 23.1 Å². The van der Waals surface area contributed by atoms with E-state index >= 15 is 0 Å². The molecule has 0 amide bonds. The highest BCUT2D eigenvalue weighted by Crippen LogP contribution is 2.48. The van der Waals surface area contributed by atoms with Gasteiger partial charge in [0.2, 0.25) is 10.0 Å². The summed E-state index contributed by atoms with van der Waals surface area (Å²) in [4.78, 5) is 0.0545. The molecule has 1 aromatic carbocycles. The van der Waals surface area contributed by atoms with Gasteiger partial charge in [-0.1, -0.05) is 24.1 Å². The van der Waals surface area contributed by atoms with E-state index in [1.54, 1.807) is 6.07 Å². The van der Waals surface area contributed by atoms with Crippen LogP contribution in [0.3, 0.4) is 0 Å². The molecule has 0 radical (unpaired) electrons. The lowest BCUT2D eigenvalue weighted by Gasteiger charge is -2.22. The van der Waals surface area contributed by atoms with E-state index in [-0.39, 0.29) is 16.5 Å². The zero-order chi connectivity index (χ0) is 15.0. The first kappa shape index (κ1) is 15.3. The van der Waals surface area contributed by atoms with E-state index in [1.165, 1.54) is 31.4 Å². The maximum absolute atomic E-state index is 12.4. The van der Waals surface area contributed by atoms with Crippen LogP contribution in [-0.2, 0) is 16.6 Å². The zero-order valence-electron chi connectivity index (χ0n) is 11.8. The lowest BCUT2D eigenvalue weighted by atomic mass is 9.89. The number of hydrogen-bond acceptors (Lipinski definition) is 3. The summed E-state index contributed by atoms with van der Waals surface area (Å²) >= 11 is 6.00. The van der Waals surface area contributed by atoms with Gasteiger partial charge in [-0.3, -0.25) is 0 Å². The topological polar surface area (TPSA) is 66.4 Å². The minimum absolute atomic E-state index is 0.0545. The summed E-state index contributed by atoms with van der Waals surface area (Å²) in [5, 5.41) is 9.32. The molecule has 0 aliphatic heterocycles. The van der Waals surface area contributed by atoms with Crippen LogP contribution in [0.4, 0.5) is 0 Å². The van der Waals surface area contributed by atoms with Crippen molar-refractivity contribution in [2.45, 2.75) is 37.2 Å². The molecule has 0 saturated heterocycles. The number of fused-ring (bicyclic) bond motifs is 2. The van der Waals surface area contributed by atoms with Crippen molar-refractivity contribution in [3.8, 4) is 0 Å². The number of aliphatic hydroxyl groups is 1. The zero-order valence-corrected chi connectivity index (χ0v) is 13.3. The van der Waals surface area contributed by atoms with Crippen LogP contribution in [0, 0.1) is 17.8 Å². The first-order valence-electron chi connectivity index (χ1n) is 7.38. The molecule has 4 nitrogen and oxygen atoms in total. The van der Waals surface area contributed by atoms with E-state index in [0.717, 1.165) is 12.3 Å².